The SMILES string of the molecule is CC1=CC=C=C[CH]1.COc1ccc(C(=O)[S-])cc1.COc1ccc(C(=O)[S-])cc1.[Sb]. The van der Waals surface area contributed by atoms with Gasteiger partial charge in [-0.2, -0.15) is 0 Å². The summed E-state index contributed by atoms with van der Waals surface area (Å²) in [6.45, 7) is 2.06. The number of rotatable bonds is 4. The van der Waals surface area contributed by atoms with E-state index in [1.54, 1.807) is 62.8 Å². The first-order valence-electron chi connectivity index (χ1n) is 8.51. The van der Waals surface area contributed by atoms with Gasteiger partial charge in [0.2, 0.25) is 0 Å². The molecule has 0 aliphatic heterocycles. The van der Waals surface area contributed by atoms with Gasteiger partial charge in [-0.3, -0.25) is 0 Å². The van der Waals surface area contributed by atoms with Crippen LogP contribution in [0.25, 0.3) is 0 Å². The molecule has 7 heteroatoms. The zero-order chi connectivity index (χ0) is 21.6. The van der Waals surface area contributed by atoms with Crippen molar-refractivity contribution in [2.75, 3.05) is 14.2 Å². The van der Waals surface area contributed by atoms with Crippen molar-refractivity contribution < 1.29 is 19.1 Å². The number of ether oxygens (including phenoxy) is 2. The first-order valence-corrected chi connectivity index (χ1v) is 9.32. The molecule has 4 nitrogen and oxygen atoms in total. The van der Waals surface area contributed by atoms with Gasteiger partial charge in [-0.25, -0.2) is 0 Å². The molecule has 1 aliphatic carbocycles. The summed E-state index contributed by atoms with van der Waals surface area (Å²) in [5.41, 5.74) is 5.28. The molecule has 0 bridgehead atoms. The van der Waals surface area contributed by atoms with Crippen molar-refractivity contribution in [2.45, 2.75) is 6.92 Å². The Balaban J connectivity index is 0.000000424. The molecular weight excluding hydrogens is 526 g/mol. The predicted molar refractivity (Wildman–Crippen MR) is 126 cm³/mol. The molecule has 0 unspecified atom stereocenters. The average Bonchev–Trinajstić information content (AvgIpc) is 2.75. The van der Waals surface area contributed by atoms with Crippen LogP contribution >= 0.6 is 0 Å². The van der Waals surface area contributed by atoms with Gasteiger partial charge in [0, 0.05) is 41.1 Å². The van der Waals surface area contributed by atoms with Gasteiger partial charge in [-0.15, -0.1) is 5.73 Å². The van der Waals surface area contributed by atoms with E-state index in [1.165, 1.54) is 5.57 Å². The molecule has 156 valence electrons. The second-order valence-corrected chi connectivity index (χ2v) is 6.35. The fourth-order valence-electron chi connectivity index (χ4n) is 1.92. The fourth-order valence-corrected chi connectivity index (χ4v) is 2.20. The largest absolute Gasteiger partial charge is 0.737 e. The molecule has 1 aliphatic rings. The van der Waals surface area contributed by atoms with Crippen molar-refractivity contribution in [2.24, 2.45) is 0 Å². The standard InChI is InChI=1S/2C8H8O2S.C7H7.Sb/c2*1-10-7-4-2-6(3-5-7)8(9)11;1-7-5-3-2-4-6-7;/h2*2-5H,1H3,(H,9,11);3-6H,1H3;/p-2. The molecule has 4 radical (unpaired) electrons. The van der Waals surface area contributed by atoms with Crippen LogP contribution in [0.5, 0.6) is 11.5 Å². The Kier molecular flexibility index (Phi) is 14.6. The quantitative estimate of drug-likeness (QED) is 0.325. The molecule has 0 atom stereocenters. The van der Waals surface area contributed by atoms with Gasteiger partial charge in [-0.05, 0) is 78.7 Å². The molecule has 0 fully saturated rings. The minimum Gasteiger partial charge on any atom is -0.737 e. The van der Waals surface area contributed by atoms with Gasteiger partial charge in [0.25, 0.3) is 0 Å². The minimum atomic E-state index is -0.340. The van der Waals surface area contributed by atoms with Crippen molar-refractivity contribution in [1.29, 1.82) is 0 Å². The maximum absolute atomic E-state index is 10.6. The van der Waals surface area contributed by atoms with E-state index in [-0.39, 0.29) is 34.7 Å². The van der Waals surface area contributed by atoms with Crippen LogP contribution in [0, 0.1) is 6.42 Å². The van der Waals surface area contributed by atoms with E-state index in [0.29, 0.717) is 11.1 Å². The van der Waals surface area contributed by atoms with Crippen molar-refractivity contribution in [3.05, 3.63) is 95.6 Å². The summed E-state index contributed by atoms with van der Waals surface area (Å²) in [5, 5.41) is -0.680. The minimum absolute atomic E-state index is 0. The molecule has 2 aromatic rings. The molecule has 0 heterocycles. The summed E-state index contributed by atoms with van der Waals surface area (Å²) < 4.78 is 9.81. The zero-order valence-electron chi connectivity index (χ0n) is 16.8. The van der Waals surface area contributed by atoms with Crippen LogP contribution < -0.4 is 9.47 Å². The van der Waals surface area contributed by atoms with Crippen LogP contribution in [-0.4, -0.2) is 48.9 Å². The third-order valence-corrected chi connectivity index (χ3v) is 4.01. The van der Waals surface area contributed by atoms with Gasteiger partial charge in [0.05, 0.1) is 14.2 Å². The third-order valence-electron chi connectivity index (χ3n) is 3.54. The van der Waals surface area contributed by atoms with Crippen LogP contribution in [0.3, 0.4) is 0 Å². The summed E-state index contributed by atoms with van der Waals surface area (Å²) in [5.74, 6) is 1.45. The van der Waals surface area contributed by atoms with Crippen LogP contribution in [0.2, 0.25) is 0 Å². The van der Waals surface area contributed by atoms with Crippen LogP contribution in [0.1, 0.15) is 27.6 Å². The number of carbonyl (C=O) groups is 2. The number of hydrogen-bond acceptors (Lipinski definition) is 6. The first kappa shape index (κ1) is 27.9. The summed E-state index contributed by atoms with van der Waals surface area (Å²) in [4.78, 5) is 21.2. The second-order valence-electron chi connectivity index (χ2n) is 5.61. The Morgan fingerprint density at radius 2 is 1.17 bits per heavy atom. The number of methoxy groups -OCH3 is 2. The molecular formula is C23H21O4S2Sb-2. The Hall–Kier alpha value is -2.10. The monoisotopic (exact) mass is 546 g/mol. The molecule has 0 saturated heterocycles. The molecule has 2 aromatic carbocycles. The summed E-state index contributed by atoms with van der Waals surface area (Å²) in [6, 6.07) is 13.4. The molecule has 30 heavy (non-hydrogen) atoms. The second kappa shape index (κ2) is 15.7. The molecule has 0 saturated carbocycles. The topological polar surface area (TPSA) is 52.6 Å². The normalized spacial score (nSPS) is 10.7. The number of allylic oxidation sites excluding steroid dienone is 3. The van der Waals surface area contributed by atoms with Gasteiger partial charge in [0.15, 0.2) is 0 Å². The van der Waals surface area contributed by atoms with E-state index in [2.05, 4.69) is 37.9 Å². The van der Waals surface area contributed by atoms with E-state index in [1.807, 2.05) is 24.6 Å². The zero-order valence-corrected chi connectivity index (χ0v) is 21.0. The Labute approximate surface area is 206 Å². The van der Waals surface area contributed by atoms with Crippen molar-refractivity contribution in [3.8, 4) is 11.5 Å². The van der Waals surface area contributed by atoms with E-state index >= 15 is 0 Å². The third kappa shape index (κ3) is 11.2. The van der Waals surface area contributed by atoms with E-state index in [9.17, 15) is 9.59 Å². The smallest absolute Gasteiger partial charge is 0.118 e. The van der Waals surface area contributed by atoms with E-state index in [0.717, 1.165) is 11.5 Å². The van der Waals surface area contributed by atoms with Gasteiger partial charge in [0.1, 0.15) is 11.5 Å². The van der Waals surface area contributed by atoms with E-state index < -0.39 is 0 Å². The molecule has 3 rings (SSSR count). The van der Waals surface area contributed by atoms with Gasteiger partial charge < -0.3 is 44.3 Å². The maximum atomic E-state index is 10.6. The number of carbonyl (C=O) groups excluding carboxylic acids is 2. The predicted octanol–water partition coefficient (Wildman–Crippen LogP) is 4.25. The van der Waals surface area contributed by atoms with E-state index in [4.69, 9.17) is 9.47 Å². The first-order chi connectivity index (χ1) is 13.9. The van der Waals surface area contributed by atoms with Crippen molar-refractivity contribution in [3.63, 3.8) is 0 Å². The van der Waals surface area contributed by atoms with Crippen LogP contribution in [0.4, 0.5) is 0 Å². The maximum Gasteiger partial charge on any atom is 0.118 e. The van der Waals surface area contributed by atoms with Crippen molar-refractivity contribution >= 4 is 59.9 Å². The summed E-state index contributed by atoms with van der Waals surface area (Å²) >= 11 is 8.89. The summed E-state index contributed by atoms with van der Waals surface area (Å²) in [7, 11) is 3.15. The number of benzene rings is 2. The average molecular weight is 547 g/mol. The molecule has 0 spiro atoms. The number of hydrogen-bond donors (Lipinski definition) is 0. The Morgan fingerprint density at radius 3 is 1.37 bits per heavy atom. The summed E-state index contributed by atoms with van der Waals surface area (Å²) in [6.07, 6.45) is 7.88. The molecule has 0 aromatic heterocycles. The van der Waals surface area contributed by atoms with Gasteiger partial charge >= 0.3 is 0 Å². The fraction of sp³-hybridized carbons (Fsp3) is 0.130. The Morgan fingerprint density at radius 1 is 0.767 bits per heavy atom. The van der Waals surface area contributed by atoms with Gasteiger partial charge in [-0.1, -0.05) is 11.6 Å². The van der Waals surface area contributed by atoms with Crippen LogP contribution in [-0.2, 0) is 25.3 Å². The van der Waals surface area contributed by atoms with Crippen molar-refractivity contribution in [1.82, 2.24) is 0 Å². The Bertz CT molecular complexity index is 840. The molecule has 0 amide bonds. The van der Waals surface area contributed by atoms with Crippen LogP contribution in [0.15, 0.2) is 78.1 Å². The molecule has 0 N–H and O–H groups in total.